The van der Waals surface area contributed by atoms with E-state index in [2.05, 4.69) is 15.2 Å². The lowest BCUT2D eigenvalue weighted by molar-refractivity contribution is -0.133. The van der Waals surface area contributed by atoms with Gasteiger partial charge in [-0.3, -0.25) is 24.3 Å². The number of carbonyl (C=O) groups is 3. The summed E-state index contributed by atoms with van der Waals surface area (Å²) in [6.45, 7) is 4.60. The SMILES string of the molecule is O=C(CCCN1CCOCC1)N1CCC2(C(=O)Nc3ccccc32)C1c1cccnc1.O=CO. The van der Waals surface area contributed by atoms with Crippen LogP contribution in [0.5, 0.6) is 0 Å². The average Bonchev–Trinajstić information content (AvgIpc) is 3.40. The second kappa shape index (κ2) is 10.8. The summed E-state index contributed by atoms with van der Waals surface area (Å²) >= 11 is 0. The van der Waals surface area contributed by atoms with E-state index in [1.54, 1.807) is 12.4 Å². The largest absolute Gasteiger partial charge is 0.483 e. The third kappa shape index (κ3) is 4.53. The molecular weight excluding hydrogens is 436 g/mol. The zero-order chi connectivity index (χ0) is 24.0. The maximum atomic E-state index is 13.4. The number of amides is 2. The number of carbonyl (C=O) groups excluding carboxylic acids is 2. The molecule has 2 amide bonds. The van der Waals surface area contributed by atoms with Crippen molar-refractivity contribution in [2.45, 2.75) is 30.7 Å². The first-order valence-electron chi connectivity index (χ1n) is 11.6. The number of morpholine rings is 1. The van der Waals surface area contributed by atoms with Gasteiger partial charge in [-0.2, -0.15) is 0 Å². The third-order valence-corrected chi connectivity index (χ3v) is 6.88. The Kier molecular flexibility index (Phi) is 7.54. The molecule has 9 nitrogen and oxygen atoms in total. The van der Waals surface area contributed by atoms with Crippen molar-refractivity contribution in [1.82, 2.24) is 14.8 Å². The van der Waals surface area contributed by atoms with Crippen molar-refractivity contribution in [2.24, 2.45) is 0 Å². The monoisotopic (exact) mass is 466 g/mol. The highest BCUT2D eigenvalue weighted by molar-refractivity contribution is 6.07. The van der Waals surface area contributed by atoms with Crippen LogP contribution in [0.1, 0.15) is 36.4 Å². The van der Waals surface area contributed by atoms with Crippen LogP contribution in [-0.2, 0) is 24.5 Å². The van der Waals surface area contributed by atoms with Gasteiger partial charge in [-0.15, -0.1) is 0 Å². The number of pyridine rings is 1. The molecule has 1 spiro atoms. The van der Waals surface area contributed by atoms with E-state index in [-0.39, 0.29) is 24.3 Å². The molecule has 3 aliphatic rings. The molecule has 180 valence electrons. The smallest absolute Gasteiger partial charge is 0.290 e. The zero-order valence-corrected chi connectivity index (χ0v) is 19.1. The number of hydrogen-bond acceptors (Lipinski definition) is 6. The van der Waals surface area contributed by atoms with Crippen LogP contribution in [0.2, 0.25) is 0 Å². The Labute approximate surface area is 198 Å². The van der Waals surface area contributed by atoms with Crippen LogP contribution in [0.15, 0.2) is 48.8 Å². The van der Waals surface area contributed by atoms with Crippen molar-refractivity contribution >= 4 is 24.0 Å². The molecule has 1 aromatic heterocycles. The van der Waals surface area contributed by atoms with Crippen molar-refractivity contribution in [3.8, 4) is 0 Å². The number of aromatic nitrogens is 1. The van der Waals surface area contributed by atoms with E-state index in [4.69, 9.17) is 14.6 Å². The van der Waals surface area contributed by atoms with Gasteiger partial charge in [-0.05, 0) is 42.6 Å². The highest BCUT2D eigenvalue weighted by Crippen LogP contribution is 2.54. The summed E-state index contributed by atoms with van der Waals surface area (Å²) in [5, 5.41) is 9.95. The van der Waals surface area contributed by atoms with Gasteiger partial charge in [0.15, 0.2) is 0 Å². The fraction of sp³-hybridized carbons (Fsp3) is 0.440. The third-order valence-electron chi connectivity index (χ3n) is 6.88. The number of nitrogens with one attached hydrogen (secondary N) is 1. The van der Waals surface area contributed by atoms with Crippen molar-refractivity contribution in [3.05, 3.63) is 59.9 Å². The van der Waals surface area contributed by atoms with Gasteiger partial charge in [0.2, 0.25) is 11.8 Å². The Morgan fingerprint density at radius 3 is 2.71 bits per heavy atom. The Morgan fingerprint density at radius 2 is 1.97 bits per heavy atom. The lowest BCUT2D eigenvalue weighted by atomic mass is 9.73. The standard InChI is InChI=1S/C24H28N4O3.CH2O2/c29-21(8-4-11-27-13-15-31-16-14-27)28-12-9-24(22(28)18-5-3-10-25-17-18)19-6-1-2-7-20(19)26-23(24)30;2-1-3/h1-3,5-7,10,17,22H,4,8-9,11-16H2,(H,26,30);1H,(H,2,3). The first kappa shape index (κ1) is 23.8. The normalized spacial score (nSPS) is 23.7. The number of anilines is 1. The molecule has 2 aromatic rings. The minimum atomic E-state index is -0.764. The van der Waals surface area contributed by atoms with Gasteiger partial charge in [0.25, 0.3) is 6.47 Å². The molecule has 0 bridgehead atoms. The van der Waals surface area contributed by atoms with Gasteiger partial charge in [-0.1, -0.05) is 24.3 Å². The van der Waals surface area contributed by atoms with E-state index in [1.165, 1.54) is 0 Å². The maximum absolute atomic E-state index is 13.4. The molecule has 2 N–H and O–H groups in total. The predicted molar refractivity (Wildman–Crippen MR) is 125 cm³/mol. The molecule has 0 aliphatic carbocycles. The molecular formula is C25H30N4O5. The van der Waals surface area contributed by atoms with Crippen LogP contribution in [0, 0.1) is 0 Å². The Balaban J connectivity index is 0.000000868. The van der Waals surface area contributed by atoms with Gasteiger partial charge < -0.3 is 20.1 Å². The average molecular weight is 467 g/mol. The molecule has 1 aromatic carbocycles. The second-order valence-corrected chi connectivity index (χ2v) is 8.66. The molecule has 0 radical (unpaired) electrons. The van der Waals surface area contributed by atoms with E-state index in [1.807, 2.05) is 41.3 Å². The Hall–Kier alpha value is -3.30. The predicted octanol–water partition coefficient (Wildman–Crippen LogP) is 2.06. The molecule has 0 saturated carbocycles. The van der Waals surface area contributed by atoms with E-state index >= 15 is 0 Å². The van der Waals surface area contributed by atoms with Crippen LogP contribution in [0.4, 0.5) is 5.69 Å². The summed E-state index contributed by atoms with van der Waals surface area (Å²) < 4.78 is 5.40. The number of ether oxygens (including phenoxy) is 1. The van der Waals surface area contributed by atoms with Crippen molar-refractivity contribution in [2.75, 3.05) is 44.7 Å². The van der Waals surface area contributed by atoms with Crippen LogP contribution in [0.3, 0.4) is 0 Å². The number of nitrogens with zero attached hydrogens (tertiary/aromatic N) is 3. The van der Waals surface area contributed by atoms with Crippen LogP contribution in [-0.4, -0.2) is 77.6 Å². The topological polar surface area (TPSA) is 112 Å². The number of benzene rings is 1. The molecule has 5 rings (SSSR count). The first-order valence-corrected chi connectivity index (χ1v) is 11.6. The number of fused-ring (bicyclic) bond motifs is 2. The van der Waals surface area contributed by atoms with Crippen molar-refractivity contribution in [1.29, 1.82) is 0 Å². The lowest BCUT2D eigenvalue weighted by Crippen LogP contribution is -2.43. The van der Waals surface area contributed by atoms with E-state index in [0.717, 1.165) is 56.1 Å². The molecule has 4 heterocycles. The zero-order valence-electron chi connectivity index (χ0n) is 19.1. The fourth-order valence-corrected chi connectivity index (χ4v) is 5.38. The van der Waals surface area contributed by atoms with Crippen molar-refractivity contribution in [3.63, 3.8) is 0 Å². The fourth-order valence-electron chi connectivity index (χ4n) is 5.38. The highest BCUT2D eigenvalue weighted by Gasteiger charge is 2.59. The van der Waals surface area contributed by atoms with Crippen molar-refractivity contribution < 1.29 is 24.2 Å². The first-order chi connectivity index (χ1) is 16.6. The minimum absolute atomic E-state index is 0.0221. The molecule has 3 aliphatic heterocycles. The molecule has 2 fully saturated rings. The minimum Gasteiger partial charge on any atom is -0.483 e. The van der Waals surface area contributed by atoms with Crippen LogP contribution in [0.25, 0.3) is 0 Å². The number of hydrogen-bond donors (Lipinski definition) is 2. The Bertz CT molecular complexity index is 1010. The molecule has 2 unspecified atom stereocenters. The van der Waals surface area contributed by atoms with Gasteiger partial charge in [-0.25, -0.2) is 0 Å². The molecule has 2 atom stereocenters. The second-order valence-electron chi connectivity index (χ2n) is 8.66. The Morgan fingerprint density at radius 1 is 1.21 bits per heavy atom. The number of likely N-dealkylation sites (tertiary alicyclic amines) is 1. The quantitative estimate of drug-likeness (QED) is 0.649. The maximum Gasteiger partial charge on any atom is 0.290 e. The summed E-state index contributed by atoms with van der Waals surface area (Å²) in [5.74, 6) is 0.0855. The summed E-state index contributed by atoms with van der Waals surface area (Å²) in [7, 11) is 0. The van der Waals surface area contributed by atoms with Gasteiger partial charge in [0.05, 0.1) is 19.3 Å². The van der Waals surface area contributed by atoms with Gasteiger partial charge in [0, 0.05) is 44.1 Å². The number of rotatable bonds is 5. The lowest BCUT2D eigenvalue weighted by Gasteiger charge is -2.34. The van der Waals surface area contributed by atoms with Crippen LogP contribution >= 0.6 is 0 Å². The summed E-state index contributed by atoms with van der Waals surface area (Å²) in [5.41, 5.74) is 1.98. The number of para-hydroxylation sites is 1. The molecule has 9 heteroatoms. The molecule has 34 heavy (non-hydrogen) atoms. The molecule has 2 saturated heterocycles. The van der Waals surface area contributed by atoms with E-state index < -0.39 is 5.41 Å². The highest BCUT2D eigenvalue weighted by atomic mass is 16.5. The summed E-state index contributed by atoms with van der Waals surface area (Å²) in [6.07, 6.45) is 5.42. The van der Waals surface area contributed by atoms with E-state index in [0.29, 0.717) is 19.4 Å². The van der Waals surface area contributed by atoms with Gasteiger partial charge >= 0.3 is 0 Å². The van der Waals surface area contributed by atoms with E-state index in [9.17, 15) is 9.59 Å². The summed E-state index contributed by atoms with van der Waals surface area (Å²) in [6, 6.07) is 11.4. The van der Waals surface area contributed by atoms with Gasteiger partial charge in [0.1, 0.15) is 5.41 Å². The van der Waals surface area contributed by atoms with Crippen LogP contribution < -0.4 is 5.32 Å². The number of carboxylic acid groups (broad SMARTS) is 1. The summed E-state index contributed by atoms with van der Waals surface area (Å²) in [4.78, 5) is 43.6.